The Balaban J connectivity index is 4.11. The smallest absolute Gasteiger partial charge is 0.0207 e. The Morgan fingerprint density at radius 3 is 2.22 bits per heavy atom. The summed E-state index contributed by atoms with van der Waals surface area (Å²) >= 11 is 0. The van der Waals surface area contributed by atoms with Crippen molar-refractivity contribution in [1.29, 1.82) is 5.41 Å². The van der Waals surface area contributed by atoms with Gasteiger partial charge in [-0.1, -0.05) is 6.08 Å². The zero-order valence-corrected chi connectivity index (χ0v) is 5.81. The molecule has 0 atom stereocenters. The number of rotatable bonds is 2. The van der Waals surface area contributed by atoms with Crippen LogP contribution in [-0.4, -0.2) is 6.21 Å². The first-order valence-corrected chi connectivity index (χ1v) is 2.78. The fourth-order valence-corrected chi connectivity index (χ4v) is 0.449. The monoisotopic (exact) mass is 124 g/mol. The molecule has 3 N–H and O–H groups in total. The predicted octanol–water partition coefficient (Wildman–Crippen LogP) is 1.44. The molecule has 0 aromatic carbocycles. The van der Waals surface area contributed by atoms with E-state index in [1.54, 1.807) is 0 Å². The molecule has 0 amide bonds. The van der Waals surface area contributed by atoms with Crippen molar-refractivity contribution in [1.82, 2.24) is 0 Å². The number of hydrogen-bond acceptors (Lipinski definition) is 2. The summed E-state index contributed by atoms with van der Waals surface area (Å²) in [4.78, 5) is 0. The molecule has 0 aromatic rings. The zero-order chi connectivity index (χ0) is 7.28. The van der Waals surface area contributed by atoms with Crippen molar-refractivity contribution in [3.05, 3.63) is 23.4 Å². The molecule has 0 aliphatic heterocycles. The number of nitrogens with two attached hydrogens (primary N) is 1. The number of nitrogens with one attached hydrogen (secondary N) is 1. The summed E-state index contributed by atoms with van der Waals surface area (Å²) in [5, 5.41) is 6.82. The Hall–Kier alpha value is -1.05. The molecular weight excluding hydrogens is 112 g/mol. The van der Waals surface area contributed by atoms with E-state index in [2.05, 4.69) is 0 Å². The van der Waals surface area contributed by atoms with E-state index in [0.29, 0.717) is 0 Å². The predicted molar refractivity (Wildman–Crippen MR) is 40.5 cm³/mol. The van der Waals surface area contributed by atoms with Crippen LogP contribution in [0.5, 0.6) is 0 Å². The molecule has 9 heavy (non-hydrogen) atoms. The van der Waals surface area contributed by atoms with Crippen molar-refractivity contribution in [3.8, 4) is 0 Å². The van der Waals surface area contributed by atoms with Crippen LogP contribution in [0.4, 0.5) is 0 Å². The maximum absolute atomic E-state index is 6.82. The van der Waals surface area contributed by atoms with Gasteiger partial charge in [-0.05, 0) is 31.2 Å². The molecule has 0 aliphatic carbocycles. The Labute approximate surface area is 55.6 Å². The highest BCUT2D eigenvalue weighted by atomic mass is 14.5. The Kier molecular flexibility index (Phi) is 3.44. The maximum atomic E-state index is 6.82. The average Bonchev–Trinajstić information content (AvgIpc) is 1.87. The van der Waals surface area contributed by atoms with Crippen molar-refractivity contribution in [2.45, 2.75) is 13.8 Å². The topological polar surface area (TPSA) is 49.9 Å². The van der Waals surface area contributed by atoms with Crippen molar-refractivity contribution >= 4 is 6.21 Å². The summed E-state index contributed by atoms with van der Waals surface area (Å²) in [6.07, 6.45) is 4.67. The van der Waals surface area contributed by atoms with Gasteiger partial charge in [0.05, 0.1) is 0 Å². The molecule has 0 radical (unpaired) electrons. The third-order valence-electron chi connectivity index (χ3n) is 0.946. The largest absolute Gasteiger partial charge is 0.404 e. The highest BCUT2D eigenvalue weighted by molar-refractivity contribution is 5.75. The highest BCUT2D eigenvalue weighted by Gasteiger charge is 1.81. The molecule has 0 aromatic heterocycles. The minimum atomic E-state index is 0.911. The fraction of sp³-hybridized carbons (Fsp3) is 0.286. The Morgan fingerprint density at radius 2 is 1.89 bits per heavy atom. The molecule has 0 rings (SSSR count). The van der Waals surface area contributed by atoms with Gasteiger partial charge in [0, 0.05) is 6.21 Å². The van der Waals surface area contributed by atoms with E-state index in [-0.39, 0.29) is 0 Å². The third kappa shape index (κ3) is 3.53. The summed E-state index contributed by atoms with van der Waals surface area (Å²) in [6.45, 7) is 3.76. The van der Waals surface area contributed by atoms with Gasteiger partial charge in [-0.2, -0.15) is 0 Å². The standard InChI is InChI=1S/C7H12N2/c1-6(4-8)3-7(2)5-9/h3-5,8H,9H2,1-2H3/b6-3-,7-5-,8-4?. The molecular formula is C7H12N2. The first-order valence-electron chi connectivity index (χ1n) is 2.78. The molecule has 2 heteroatoms. The van der Waals surface area contributed by atoms with Crippen LogP contribution in [0, 0.1) is 5.41 Å². The summed E-state index contributed by atoms with van der Waals surface area (Å²) < 4.78 is 0. The van der Waals surface area contributed by atoms with Crippen molar-refractivity contribution in [2.75, 3.05) is 0 Å². The third-order valence-corrected chi connectivity index (χ3v) is 0.946. The minimum absolute atomic E-state index is 0.911. The lowest BCUT2D eigenvalue weighted by molar-refractivity contribution is 1.40. The lowest BCUT2D eigenvalue weighted by Crippen LogP contribution is -1.82. The summed E-state index contributed by atoms with van der Waals surface area (Å²) in [5.74, 6) is 0. The van der Waals surface area contributed by atoms with Crippen LogP contribution in [0.3, 0.4) is 0 Å². The summed E-state index contributed by atoms with van der Waals surface area (Å²) in [6, 6.07) is 0. The van der Waals surface area contributed by atoms with E-state index < -0.39 is 0 Å². The molecule has 0 heterocycles. The van der Waals surface area contributed by atoms with Crippen LogP contribution < -0.4 is 5.73 Å². The van der Waals surface area contributed by atoms with Crippen LogP contribution in [0.15, 0.2) is 23.4 Å². The van der Waals surface area contributed by atoms with Gasteiger partial charge in [0.15, 0.2) is 0 Å². The second kappa shape index (κ2) is 3.89. The van der Waals surface area contributed by atoms with E-state index in [9.17, 15) is 0 Å². The van der Waals surface area contributed by atoms with E-state index in [1.807, 2.05) is 19.9 Å². The van der Waals surface area contributed by atoms with Gasteiger partial charge in [-0.3, -0.25) is 0 Å². The maximum Gasteiger partial charge on any atom is 0.0207 e. The first kappa shape index (κ1) is 7.95. The molecule has 0 aliphatic rings. The van der Waals surface area contributed by atoms with Gasteiger partial charge >= 0.3 is 0 Å². The average molecular weight is 124 g/mol. The molecule has 0 fully saturated rings. The normalized spacial score (nSPS) is 13.6. The highest BCUT2D eigenvalue weighted by Crippen LogP contribution is 1.95. The summed E-state index contributed by atoms with van der Waals surface area (Å²) in [5.41, 5.74) is 7.09. The van der Waals surface area contributed by atoms with E-state index >= 15 is 0 Å². The van der Waals surface area contributed by atoms with Gasteiger partial charge in [0.25, 0.3) is 0 Å². The molecule has 0 saturated heterocycles. The lowest BCUT2D eigenvalue weighted by atomic mass is 10.2. The Morgan fingerprint density at radius 1 is 1.33 bits per heavy atom. The Bertz CT molecular complexity index is 154. The SMILES string of the molecule is C/C(C=N)=C/C(C)=C\N. The van der Waals surface area contributed by atoms with Crippen LogP contribution in [0.25, 0.3) is 0 Å². The molecule has 0 bridgehead atoms. The summed E-state index contributed by atoms with van der Waals surface area (Å²) in [7, 11) is 0. The van der Waals surface area contributed by atoms with Crippen LogP contribution >= 0.6 is 0 Å². The molecule has 50 valence electrons. The van der Waals surface area contributed by atoms with Gasteiger partial charge in [-0.25, -0.2) is 0 Å². The molecule has 0 unspecified atom stereocenters. The van der Waals surface area contributed by atoms with E-state index in [4.69, 9.17) is 11.1 Å². The molecule has 0 saturated carbocycles. The first-order chi connectivity index (χ1) is 4.20. The second-order valence-corrected chi connectivity index (χ2v) is 1.94. The van der Waals surface area contributed by atoms with Gasteiger partial charge in [-0.15, -0.1) is 0 Å². The number of allylic oxidation sites excluding steroid dienone is 3. The second-order valence-electron chi connectivity index (χ2n) is 1.94. The fourth-order valence-electron chi connectivity index (χ4n) is 0.449. The van der Waals surface area contributed by atoms with Crippen molar-refractivity contribution in [3.63, 3.8) is 0 Å². The zero-order valence-electron chi connectivity index (χ0n) is 5.81. The van der Waals surface area contributed by atoms with E-state index in [0.717, 1.165) is 11.1 Å². The quantitative estimate of drug-likeness (QED) is 0.424. The van der Waals surface area contributed by atoms with Gasteiger partial charge < -0.3 is 11.1 Å². The van der Waals surface area contributed by atoms with Gasteiger partial charge in [0.2, 0.25) is 0 Å². The van der Waals surface area contributed by atoms with Crippen LogP contribution in [0.2, 0.25) is 0 Å². The van der Waals surface area contributed by atoms with Crippen LogP contribution in [0.1, 0.15) is 13.8 Å². The number of hydrogen-bond donors (Lipinski definition) is 2. The lowest BCUT2D eigenvalue weighted by Gasteiger charge is -1.89. The van der Waals surface area contributed by atoms with Crippen LogP contribution in [-0.2, 0) is 0 Å². The van der Waals surface area contributed by atoms with Crippen molar-refractivity contribution < 1.29 is 0 Å². The van der Waals surface area contributed by atoms with Crippen molar-refractivity contribution in [2.24, 2.45) is 5.73 Å². The molecule has 0 spiro atoms. The van der Waals surface area contributed by atoms with Gasteiger partial charge in [0.1, 0.15) is 0 Å². The van der Waals surface area contributed by atoms with E-state index in [1.165, 1.54) is 12.4 Å². The minimum Gasteiger partial charge on any atom is -0.404 e. The molecule has 2 nitrogen and oxygen atoms in total.